The van der Waals surface area contributed by atoms with Crippen LogP contribution < -0.4 is 0 Å². The van der Waals surface area contributed by atoms with Crippen LogP contribution >= 0.6 is 0 Å². The minimum atomic E-state index is -0.876. The van der Waals surface area contributed by atoms with Gasteiger partial charge in [0.25, 0.3) is 0 Å². The summed E-state index contributed by atoms with van der Waals surface area (Å²) in [5.41, 5.74) is 0.280. The molecule has 16 heavy (non-hydrogen) atoms. The predicted octanol–water partition coefficient (Wildman–Crippen LogP) is 1.45. The van der Waals surface area contributed by atoms with Crippen molar-refractivity contribution in [2.45, 2.75) is 38.2 Å². The monoisotopic (exact) mass is 223 g/mol. The van der Waals surface area contributed by atoms with Crippen LogP contribution in [0, 0.1) is 0 Å². The third-order valence-electron chi connectivity index (χ3n) is 3.24. The topological polar surface area (TPSA) is 52.1 Å². The highest BCUT2D eigenvalue weighted by Gasteiger charge is 2.24. The molecule has 2 rings (SSSR count). The molecule has 2 N–H and O–H groups in total. The Labute approximate surface area is 96.7 Å². The molecule has 1 atom stereocenters. The third kappa shape index (κ3) is 2.44. The molecule has 0 spiro atoms. The number of rotatable bonds is 2. The fraction of sp³-hybridized carbons (Fsp3) is 0.750. The molecule has 1 aromatic heterocycles. The molecular weight excluding hydrogens is 202 g/mol. The number of likely N-dealkylation sites (tertiary alicyclic amines) is 1. The van der Waals surface area contributed by atoms with E-state index in [0.29, 0.717) is 11.7 Å². The smallest absolute Gasteiger partial charge is 0.137 e. The Hall–Kier alpha value is -0.870. The van der Waals surface area contributed by atoms with Gasteiger partial charge in [-0.3, -0.25) is 0 Å². The second-order valence-electron chi connectivity index (χ2n) is 5.35. The van der Waals surface area contributed by atoms with Gasteiger partial charge in [0.2, 0.25) is 0 Å². The number of aromatic amines is 1. The fourth-order valence-electron chi connectivity index (χ4n) is 2.27. The maximum Gasteiger partial charge on any atom is 0.137 e. The zero-order valence-corrected chi connectivity index (χ0v) is 10.3. The molecule has 1 aliphatic rings. The summed E-state index contributed by atoms with van der Waals surface area (Å²) in [6.07, 6.45) is 4.31. The lowest BCUT2D eigenvalue weighted by atomic mass is 9.96. The molecule has 1 unspecified atom stereocenters. The molecule has 0 bridgehead atoms. The van der Waals surface area contributed by atoms with Crippen molar-refractivity contribution in [3.8, 4) is 0 Å². The Morgan fingerprint density at radius 1 is 1.56 bits per heavy atom. The molecule has 0 aromatic carbocycles. The summed E-state index contributed by atoms with van der Waals surface area (Å²) in [5, 5.41) is 9.85. The number of aliphatic hydroxyl groups is 1. The molecule has 90 valence electrons. The van der Waals surface area contributed by atoms with Gasteiger partial charge >= 0.3 is 0 Å². The van der Waals surface area contributed by atoms with Crippen molar-refractivity contribution in [2.24, 2.45) is 0 Å². The number of H-pyrrole nitrogens is 1. The van der Waals surface area contributed by atoms with E-state index >= 15 is 0 Å². The number of nitrogens with one attached hydrogen (secondary N) is 1. The van der Waals surface area contributed by atoms with Crippen molar-refractivity contribution in [1.82, 2.24) is 14.9 Å². The summed E-state index contributed by atoms with van der Waals surface area (Å²) in [5.74, 6) is 1.19. The number of likely N-dealkylation sites (N-methyl/N-ethyl adjacent to an activating group) is 1. The fourth-order valence-corrected chi connectivity index (χ4v) is 2.27. The highest BCUT2D eigenvalue weighted by molar-refractivity contribution is 5.12. The number of hydrogen-bond donors (Lipinski definition) is 2. The molecule has 2 heterocycles. The normalized spacial score (nSPS) is 23.6. The van der Waals surface area contributed by atoms with Crippen LogP contribution in [0.1, 0.15) is 44.1 Å². The Morgan fingerprint density at radius 3 is 2.88 bits per heavy atom. The zero-order chi connectivity index (χ0) is 11.8. The first-order valence-corrected chi connectivity index (χ1v) is 5.93. The van der Waals surface area contributed by atoms with Gasteiger partial charge in [-0.1, -0.05) is 0 Å². The Balaban J connectivity index is 2.12. The molecule has 1 fully saturated rings. The molecular formula is C12H21N3O. The lowest BCUT2D eigenvalue weighted by Gasteiger charge is -2.28. The minimum Gasteiger partial charge on any atom is -0.383 e. The summed E-state index contributed by atoms with van der Waals surface area (Å²) in [7, 11) is 2.15. The van der Waals surface area contributed by atoms with E-state index < -0.39 is 5.60 Å². The van der Waals surface area contributed by atoms with Crippen LogP contribution in [-0.4, -0.2) is 40.1 Å². The van der Waals surface area contributed by atoms with Crippen LogP contribution in [0.3, 0.4) is 0 Å². The van der Waals surface area contributed by atoms with Gasteiger partial charge in [0.15, 0.2) is 0 Å². The van der Waals surface area contributed by atoms with Gasteiger partial charge in [-0.05, 0) is 40.3 Å². The molecule has 0 radical (unpaired) electrons. The first-order chi connectivity index (χ1) is 7.47. The maximum atomic E-state index is 9.85. The van der Waals surface area contributed by atoms with E-state index in [9.17, 15) is 5.11 Å². The van der Waals surface area contributed by atoms with Crippen molar-refractivity contribution in [2.75, 3.05) is 20.1 Å². The first-order valence-electron chi connectivity index (χ1n) is 5.93. The minimum absolute atomic E-state index is 0.530. The van der Waals surface area contributed by atoms with E-state index in [4.69, 9.17) is 0 Å². The van der Waals surface area contributed by atoms with E-state index in [0.717, 1.165) is 12.2 Å². The predicted molar refractivity (Wildman–Crippen MR) is 63.3 cm³/mol. The van der Waals surface area contributed by atoms with Crippen LogP contribution in [-0.2, 0) is 5.60 Å². The maximum absolute atomic E-state index is 9.85. The Morgan fingerprint density at radius 2 is 2.31 bits per heavy atom. The van der Waals surface area contributed by atoms with Gasteiger partial charge in [0.05, 0.1) is 0 Å². The van der Waals surface area contributed by atoms with Crippen LogP contribution in [0.2, 0.25) is 0 Å². The number of hydrogen-bond acceptors (Lipinski definition) is 3. The molecule has 0 saturated carbocycles. The second kappa shape index (κ2) is 4.18. The average molecular weight is 223 g/mol. The summed E-state index contributed by atoms with van der Waals surface area (Å²) < 4.78 is 0. The van der Waals surface area contributed by atoms with Gasteiger partial charge < -0.3 is 15.0 Å². The SMILES string of the molecule is CN1CCCC(c2cnc(C(C)(C)O)[nH]2)C1. The van der Waals surface area contributed by atoms with E-state index in [1.165, 1.54) is 19.4 Å². The standard InChI is InChI=1S/C12H21N3O/c1-12(2,16)11-13-7-10(14-11)9-5-4-6-15(3)8-9/h7,9,16H,4-6,8H2,1-3H3,(H,13,14). The van der Waals surface area contributed by atoms with Crippen LogP contribution in [0.25, 0.3) is 0 Å². The largest absolute Gasteiger partial charge is 0.383 e. The number of imidazole rings is 1. The van der Waals surface area contributed by atoms with Gasteiger partial charge in [0.1, 0.15) is 11.4 Å². The average Bonchev–Trinajstić information content (AvgIpc) is 2.65. The lowest BCUT2D eigenvalue weighted by molar-refractivity contribution is 0.0694. The summed E-state index contributed by atoms with van der Waals surface area (Å²) in [4.78, 5) is 9.87. The van der Waals surface area contributed by atoms with E-state index in [2.05, 4.69) is 21.9 Å². The van der Waals surface area contributed by atoms with Crippen molar-refractivity contribution in [3.63, 3.8) is 0 Å². The summed E-state index contributed by atoms with van der Waals surface area (Å²) in [6.45, 7) is 5.77. The number of nitrogens with zero attached hydrogens (tertiary/aromatic N) is 2. The first kappa shape index (κ1) is 11.6. The highest BCUT2D eigenvalue weighted by Crippen LogP contribution is 2.26. The summed E-state index contributed by atoms with van der Waals surface area (Å²) >= 11 is 0. The molecule has 1 saturated heterocycles. The van der Waals surface area contributed by atoms with Crippen LogP contribution in [0.4, 0.5) is 0 Å². The molecule has 1 aliphatic heterocycles. The van der Waals surface area contributed by atoms with Gasteiger partial charge in [-0.2, -0.15) is 0 Å². The van der Waals surface area contributed by atoms with Gasteiger partial charge in [-0.15, -0.1) is 0 Å². The van der Waals surface area contributed by atoms with Gasteiger partial charge in [0, 0.05) is 24.4 Å². The highest BCUT2D eigenvalue weighted by atomic mass is 16.3. The van der Waals surface area contributed by atoms with E-state index in [1.807, 2.05) is 6.20 Å². The molecule has 4 nitrogen and oxygen atoms in total. The van der Waals surface area contributed by atoms with Crippen molar-refractivity contribution in [1.29, 1.82) is 0 Å². The van der Waals surface area contributed by atoms with Crippen LogP contribution in [0.5, 0.6) is 0 Å². The zero-order valence-electron chi connectivity index (χ0n) is 10.3. The van der Waals surface area contributed by atoms with Crippen LogP contribution in [0.15, 0.2) is 6.20 Å². The molecule has 1 aromatic rings. The Bertz CT molecular complexity index is 353. The lowest BCUT2D eigenvalue weighted by Crippen LogP contribution is -2.31. The molecule has 0 amide bonds. The number of aromatic nitrogens is 2. The third-order valence-corrected chi connectivity index (χ3v) is 3.24. The van der Waals surface area contributed by atoms with Crippen molar-refractivity contribution < 1.29 is 5.11 Å². The van der Waals surface area contributed by atoms with E-state index in [-0.39, 0.29) is 0 Å². The number of piperidine rings is 1. The molecule has 0 aliphatic carbocycles. The quantitative estimate of drug-likeness (QED) is 0.798. The van der Waals surface area contributed by atoms with Gasteiger partial charge in [-0.25, -0.2) is 4.98 Å². The summed E-state index contributed by atoms with van der Waals surface area (Å²) in [6, 6.07) is 0. The van der Waals surface area contributed by atoms with Crippen molar-refractivity contribution in [3.05, 3.63) is 17.7 Å². The molecule has 4 heteroatoms. The Kier molecular flexibility index (Phi) is 3.04. The second-order valence-corrected chi connectivity index (χ2v) is 5.35. The van der Waals surface area contributed by atoms with Crippen molar-refractivity contribution >= 4 is 0 Å². The van der Waals surface area contributed by atoms with E-state index in [1.54, 1.807) is 13.8 Å².